The molecule has 1 unspecified atom stereocenters. The van der Waals surface area contributed by atoms with Gasteiger partial charge in [-0.3, -0.25) is 13.8 Å². The van der Waals surface area contributed by atoms with Crippen molar-refractivity contribution in [2.45, 2.75) is 51.7 Å². The van der Waals surface area contributed by atoms with E-state index in [9.17, 15) is 18.9 Å². The number of allylic oxidation sites excluding steroid dienone is 1. The van der Waals surface area contributed by atoms with Crippen molar-refractivity contribution in [3.63, 3.8) is 0 Å². The van der Waals surface area contributed by atoms with Gasteiger partial charge in [-0.05, 0) is 43.1 Å². The van der Waals surface area contributed by atoms with E-state index >= 15 is 0 Å². The quantitative estimate of drug-likeness (QED) is 0.644. The lowest BCUT2D eigenvalue weighted by molar-refractivity contribution is -0.162. The molecule has 7 atom stereocenters. The Balaban J connectivity index is 1.89. The third-order valence-corrected chi connectivity index (χ3v) is 9.54. The predicted molar refractivity (Wildman–Crippen MR) is 107 cm³/mol. The molecule has 2 fully saturated rings. The number of hydrogen-bond donors (Lipinski definition) is 1. The van der Waals surface area contributed by atoms with Gasteiger partial charge in [0, 0.05) is 34.0 Å². The van der Waals surface area contributed by atoms with E-state index in [0.29, 0.717) is 16.6 Å². The van der Waals surface area contributed by atoms with E-state index in [1.807, 2.05) is 0 Å². The summed E-state index contributed by atoms with van der Waals surface area (Å²) >= 11 is 0. The van der Waals surface area contributed by atoms with Crippen molar-refractivity contribution in [1.82, 2.24) is 0 Å². The maximum absolute atomic E-state index is 13.4. The molecule has 3 aliphatic rings. The van der Waals surface area contributed by atoms with Crippen molar-refractivity contribution in [3.8, 4) is 0 Å². The van der Waals surface area contributed by atoms with Crippen LogP contribution in [-0.4, -0.2) is 60.5 Å². The van der Waals surface area contributed by atoms with Crippen LogP contribution >= 0.6 is 0 Å². The molecule has 0 aromatic carbocycles. The zero-order valence-corrected chi connectivity index (χ0v) is 18.6. The lowest BCUT2D eigenvalue weighted by Gasteiger charge is -2.41. The second-order valence-electron chi connectivity index (χ2n) is 9.07. The molecule has 2 bridgehead atoms. The highest BCUT2D eigenvalue weighted by Crippen LogP contribution is 2.66. The molecule has 3 rings (SSSR count). The normalized spacial score (nSPS) is 39.0. The first-order chi connectivity index (χ1) is 13.6. The smallest absolute Gasteiger partial charge is 0.312 e. The zero-order valence-electron chi connectivity index (χ0n) is 17.8. The maximum Gasteiger partial charge on any atom is 0.312 e. The van der Waals surface area contributed by atoms with Crippen molar-refractivity contribution < 1.29 is 33.1 Å². The fourth-order valence-electron chi connectivity index (χ4n) is 5.83. The number of carbonyl (C=O) groups excluding carboxylic acids is 2. The molecule has 0 heterocycles. The van der Waals surface area contributed by atoms with E-state index in [2.05, 4.69) is 13.8 Å². The van der Waals surface area contributed by atoms with Crippen molar-refractivity contribution in [3.05, 3.63) is 11.0 Å². The highest BCUT2D eigenvalue weighted by Gasteiger charge is 2.64. The molecule has 0 aliphatic heterocycles. The SMILES string of the molecule is COC(=O)[C@H]1[C@@H](OC)C=C(S(=O)C[C@]23CC[C@H](C[C@H]2O)C3(C)C)C[C@@H]1C(=O)OC. The van der Waals surface area contributed by atoms with Crippen LogP contribution in [0.5, 0.6) is 0 Å². The van der Waals surface area contributed by atoms with Gasteiger partial charge in [-0.15, -0.1) is 0 Å². The van der Waals surface area contributed by atoms with Gasteiger partial charge in [-0.2, -0.15) is 0 Å². The molecule has 7 nitrogen and oxygen atoms in total. The average molecular weight is 429 g/mol. The highest BCUT2D eigenvalue weighted by molar-refractivity contribution is 7.89. The molecular weight excluding hydrogens is 396 g/mol. The number of rotatable bonds is 6. The van der Waals surface area contributed by atoms with Gasteiger partial charge in [0.15, 0.2) is 0 Å². The van der Waals surface area contributed by atoms with E-state index in [1.165, 1.54) is 21.3 Å². The number of esters is 2. The van der Waals surface area contributed by atoms with Crippen LogP contribution in [0.1, 0.15) is 39.5 Å². The summed E-state index contributed by atoms with van der Waals surface area (Å²) in [4.78, 5) is 25.3. The van der Waals surface area contributed by atoms with Crippen LogP contribution in [0.25, 0.3) is 0 Å². The van der Waals surface area contributed by atoms with Gasteiger partial charge in [-0.25, -0.2) is 0 Å². The molecule has 29 heavy (non-hydrogen) atoms. The van der Waals surface area contributed by atoms with E-state index in [0.717, 1.165) is 19.3 Å². The van der Waals surface area contributed by atoms with Crippen molar-refractivity contribution >= 4 is 22.7 Å². The van der Waals surface area contributed by atoms with Crippen LogP contribution in [0.4, 0.5) is 0 Å². The summed E-state index contributed by atoms with van der Waals surface area (Å²) in [5.74, 6) is -2.00. The first-order valence-electron chi connectivity index (χ1n) is 10.1. The lowest BCUT2D eigenvalue weighted by Crippen LogP contribution is -2.45. The number of aliphatic hydroxyl groups excluding tert-OH is 1. The molecule has 3 aliphatic carbocycles. The molecule has 0 saturated heterocycles. The van der Waals surface area contributed by atoms with Gasteiger partial charge in [0.1, 0.15) is 5.92 Å². The lowest BCUT2D eigenvalue weighted by atomic mass is 9.70. The van der Waals surface area contributed by atoms with Gasteiger partial charge in [0.05, 0.1) is 32.3 Å². The van der Waals surface area contributed by atoms with Crippen LogP contribution in [0.2, 0.25) is 0 Å². The van der Waals surface area contributed by atoms with E-state index < -0.39 is 52.2 Å². The Bertz CT molecular complexity index is 731. The van der Waals surface area contributed by atoms with Gasteiger partial charge in [0.25, 0.3) is 0 Å². The van der Waals surface area contributed by atoms with Crippen molar-refractivity contribution in [1.29, 1.82) is 0 Å². The summed E-state index contributed by atoms with van der Waals surface area (Å²) in [5, 5.41) is 10.8. The van der Waals surface area contributed by atoms with Crippen LogP contribution < -0.4 is 0 Å². The number of hydrogen-bond acceptors (Lipinski definition) is 7. The summed E-state index contributed by atoms with van der Waals surface area (Å²) < 4.78 is 28.7. The Hall–Kier alpha value is -1.25. The second-order valence-corrected chi connectivity index (χ2v) is 10.6. The van der Waals surface area contributed by atoms with Crippen LogP contribution in [0.3, 0.4) is 0 Å². The summed E-state index contributed by atoms with van der Waals surface area (Å²) in [5.41, 5.74) is -0.486. The minimum Gasteiger partial charge on any atom is -0.469 e. The van der Waals surface area contributed by atoms with Crippen LogP contribution in [0, 0.1) is 28.6 Å². The Morgan fingerprint density at radius 2 is 1.86 bits per heavy atom. The van der Waals surface area contributed by atoms with E-state index in [-0.39, 0.29) is 11.8 Å². The molecule has 0 aromatic rings. The monoisotopic (exact) mass is 428 g/mol. The molecular formula is C21H32O7S. The molecule has 1 N–H and O–H groups in total. The van der Waals surface area contributed by atoms with Crippen molar-refractivity contribution in [2.75, 3.05) is 27.1 Å². The Morgan fingerprint density at radius 3 is 2.34 bits per heavy atom. The zero-order chi connectivity index (χ0) is 21.6. The molecule has 8 heteroatoms. The van der Waals surface area contributed by atoms with Crippen molar-refractivity contribution in [2.24, 2.45) is 28.6 Å². The maximum atomic E-state index is 13.4. The Morgan fingerprint density at radius 1 is 1.21 bits per heavy atom. The summed E-state index contributed by atoms with van der Waals surface area (Å²) in [7, 11) is 2.57. The molecule has 164 valence electrons. The first kappa shape index (κ1) is 22.4. The number of fused-ring (bicyclic) bond motifs is 2. The number of carbonyl (C=O) groups is 2. The second kappa shape index (κ2) is 8.12. The van der Waals surface area contributed by atoms with Gasteiger partial charge in [0.2, 0.25) is 0 Å². The van der Waals surface area contributed by atoms with E-state index in [4.69, 9.17) is 14.2 Å². The Labute approximate surface area is 174 Å². The molecule has 0 spiro atoms. The van der Waals surface area contributed by atoms with E-state index in [1.54, 1.807) is 6.08 Å². The molecule has 0 radical (unpaired) electrons. The van der Waals surface area contributed by atoms with Gasteiger partial charge >= 0.3 is 11.9 Å². The third-order valence-electron chi connectivity index (χ3n) is 7.88. The number of methoxy groups -OCH3 is 3. The largest absolute Gasteiger partial charge is 0.469 e. The predicted octanol–water partition coefficient (Wildman–Crippen LogP) is 1.80. The third kappa shape index (κ3) is 3.47. The number of ether oxygens (including phenoxy) is 3. The Kier molecular flexibility index (Phi) is 6.28. The summed E-state index contributed by atoms with van der Waals surface area (Å²) in [6.07, 6.45) is 3.28. The molecule has 0 aromatic heterocycles. The minimum absolute atomic E-state index is 0.0890. The van der Waals surface area contributed by atoms with Gasteiger partial charge in [-0.1, -0.05) is 13.8 Å². The standard InChI is InChI=1S/C21H32O7S/c1-20(2)12-6-7-21(20,16(22)8-12)11-29(25)13-9-14(18(23)27-4)17(19(24)28-5)15(10-13)26-3/h10,12,14-17,22H,6-9,11H2,1-5H3/t12-,14+,15+,16-,17-,21-,29?/m1/s1. The fourth-order valence-corrected chi connectivity index (χ4v) is 7.85. The van der Waals surface area contributed by atoms with Crippen LogP contribution in [-0.2, 0) is 34.6 Å². The molecule has 2 saturated carbocycles. The van der Waals surface area contributed by atoms with Gasteiger partial charge < -0.3 is 19.3 Å². The van der Waals surface area contributed by atoms with Crippen LogP contribution in [0.15, 0.2) is 11.0 Å². The number of aliphatic hydroxyl groups is 1. The fraction of sp³-hybridized carbons (Fsp3) is 0.810. The topological polar surface area (TPSA) is 99.1 Å². The molecule has 0 amide bonds. The summed E-state index contributed by atoms with van der Waals surface area (Å²) in [6, 6.07) is 0. The average Bonchev–Trinajstić information content (AvgIpc) is 3.05. The first-order valence-corrected chi connectivity index (χ1v) is 11.4. The highest BCUT2D eigenvalue weighted by atomic mass is 32.2. The minimum atomic E-state index is -1.41. The summed E-state index contributed by atoms with van der Waals surface area (Å²) in [6.45, 7) is 4.33.